The molecule has 1 saturated heterocycles. The maximum Gasteiger partial charge on any atom is 0.308 e. The zero-order valence-electron chi connectivity index (χ0n) is 9.11. The molecule has 2 amide bonds. The van der Waals surface area contributed by atoms with E-state index in [1.165, 1.54) is 6.92 Å². The van der Waals surface area contributed by atoms with Gasteiger partial charge in [-0.3, -0.25) is 19.3 Å². The van der Waals surface area contributed by atoms with Crippen LogP contribution >= 0.6 is 0 Å². The molecule has 1 heterocycles. The van der Waals surface area contributed by atoms with Gasteiger partial charge >= 0.3 is 5.97 Å². The number of aliphatic carboxylic acids is 1. The van der Waals surface area contributed by atoms with Crippen LogP contribution in [0.25, 0.3) is 0 Å². The lowest BCUT2D eigenvalue weighted by molar-refractivity contribution is -0.145. The fraction of sp³-hybridized carbons (Fsp3) is 0.700. The molecule has 0 aromatic rings. The third-order valence-corrected chi connectivity index (χ3v) is 2.60. The minimum Gasteiger partial charge on any atom is -0.481 e. The summed E-state index contributed by atoms with van der Waals surface area (Å²) in [5.41, 5.74) is -0.685. The molecule has 0 spiro atoms. The lowest BCUT2D eigenvalue weighted by Gasteiger charge is -2.19. The standard InChI is InChI=1S/C10H15NO4/c1-6(8(13)14)5-11-7(12)4-10(2,3)9(11)15/h6H,4-5H2,1-3H3,(H,13,14). The van der Waals surface area contributed by atoms with Crippen LogP contribution in [0.2, 0.25) is 0 Å². The molecule has 1 fully saturated rings. The second-order valence-electron chi connectivity index (χ2n) is 4.61. The lowest BCUT2D eigenvalue weighted by Crippen LogP contribution is -2.38. The number of hydrogen-bond donors (Lipinski definition) is 1. The van der Waals surface area contributed by atoms with Gasteiger partial charge in [0, 0.05) is 13.0 Å². The van der Waals surface area contributed by atoms with Crippen molar-refractivity contribution >= 4 is 17.8 Å². The normalized spacial score (nSPS) is 21.9. The van der Waals surface area contributed by atoms with Gasteiger partial charge in [0.15, 0.2) is 0 Å². The second kappa shape index (κ2) is 3.64. The van der Waals surface area contributed by atoms with Crippen molar-refractivity contribution < 1.29 is 19.5 Å². The summed E-state index contributed by atoms with van der Waals surface area (Å²) in [6.07, 6.45) is 0.165. The molecule has 1 aliphatic heterocycles. The van der Waals surface area contributed by atoms with Gasteiger partial charge in [0.05, 0.1) is 11.3 Å². The maximum absolute atomic E-state index is 11.7. The Morgan fingerprint density at radius 2 is 2.07 bits per heavy atom. The van der Waals surface area contributed by atoms with Crippen molar-refractivity contribution in [3.63, 3.8) is 0 Å². The van der Waals surface area contributed by atoms with E-state index in [0.29, 0.717) is 0 Å². The maximum atomic E-state index is 11.7. The molecule has 0 aromatic heterocycles. The highest BCUT2D eigenvalue weighted by Gasteiger charge is 2.45. The lowest BCUT2D eigenvalue weighted by atomic mass is 9.92. The van der Waals surface area contributed by atoms with Crippen molar-refractivity contribution in [1.29, 1.82) is 0 Å². The van der Waals surface area contributed by atoms with E-state index in [0.717, 1.165) is 4.90 Å². The largest absolute Gasteiger partial charge is 0.481 e. The third-order valence-electron chi connectivity index (χ3n) is 2.60. The van der Waals surface area contributed by atoms with Crippen LogP contribution < -0.4 is 0 Å². The Balaban J connectivity index is 2.76. The fourth-order valence-electron chi connectivity index (χ4n) is 1.56. The van der Waals surface area contributed by atoms with E-state index in [9.17, 15) is 14.4 Å². The molecule has 1 rings (SSSR count). The van der Waals surface area contributed by atoms with Crippen LogP contribution in [0.1, 0.15) is 27.2 Å². The van der Waals surface area contributed by atoms with Gasteiger partial charge in [0.1, 0.15) is 0 Å². The number of imide groups is 1. The summed E-state index contributed by atoms with van der Waals surface area (Å²) in [5, 5.41) is 8.70. The summed E-state index contributed by atoms with van der Waals surface area (Å²) in [7, 11) is 0. The van der Waals surface area contributed by atoms with Crippen molar-refractivity contribution in [2.75, 3.05) is 6.54 Å². The van der Waals surface area contributed by atoms with E-state index in [2.05, 4.69) is 0 Å². The number of amides is 2. The number of hydrogen-bond acceptors (Lipinski definition) is 3. The molecule has 84 valence electrons. The smallest absolute Gasteiger partial charge is 0.308 e. The first-order valence-electron chi connectivity index (χ1n) is 4.83. The number of carbonyl (C=O) groups is 3. The van der Waals surface area contributed by atoms with Crippen molar-refractivity contribution in [2.45, 2.75) is 27.2 Å². The van der Waals surface area contributed by atoms with Crippen LogP contribution in [-0.4, -0.2) is 34.3 Å². The molecule has 1 N–H and O–H groups in total. The predicted molar refractivity (Wildman–Crippen MR) is 51.9 cm³/mol. The summed E-state index contributed by atoms with van der Waals surface area (Å²) in [6.45, 7) is 4.84. The summed E-state index contributed by atoms with van der Waals surface area (Å²) in [5.74, 6) is -2.27. The Kier molecular flexibility index (Phi) is 2.83. The van der Waals surface area contributed by atoms with E-state index < -0.39 is 17.3 Å². The molecule has 5 heteroatoms. The minimum absolute atomic E-state index is 0.0313. The van der Waals surface area contributed by atoms with Gasteiger partial charge in [0.2, 0.25) is 11.8 Å². The van der Waals surface area contributed by atoms with Gasteiger partial charge in [-0.15, -0.1) is 0 Å². The summed E-state index contributed by atoms with van der Waals surface area (Å²) < 4.78 is 0. The quantitative estimate of drug-likeness (QED) is 0.692. The van der Waals surface area contributed by atoms with Crippen molar-refractivity contribution in [3.05, 3.63) is 0 Å². The van der Waals surface area contributed by atoms with Gasteiger partial charge in [-0.1, -0.05) is 20.8 Å². The van der Waals surface area contributed by atoms with E-state index in [4.69, 9.17) is 5.11 Å². The van der Waals surface area contributed by atoms with Crippen molar-refractivity contribution in [3.8, 4) is 0 Å². The Morgan fingerprint density at radius 1 is 1.53 bits per heavy atom. The fourth-order valence-corrected chi connectivity index (χ4v) is 1.56. The SMILES string of the molecule is CC(CN1C(=O)CC(C)(C)C1=O)C(=O)O. The predicted octanol–water partition coefficient (Wildman–Crippen LogP) is 0.492. The number of nitrogens with zero attached hydrogens (tertiary/aromatic N) is 1. The Bertz CT molecular complexity index is 321. The molecule has 1 unspecified atom stereocenters. The van der Waals surface area contributed by atoms with Gasteiger partial charge in [-0.05, 0) is 0 Å². The number of rotatable bonds is 3. The van der Waals surface area contributed by atoms with Crippen LogP contribution in [0.3, 0.4) is 0 Å². The number of likely N-dealkylation sites (tertiary alicyclic amines) is 1. The Morgan fingerprint density at radius 3 is 2.40 bits per heavy atom. The van der Waals surface area contributed by atoms with Crippen LogP contribution in [0.15, 0.2) is 0 Å². The van der Waals surface area contributed by atoms with E-state index in [-0.39, 0.29) is 24.8 Å². The van der Waals surface area contributed by atoms with Crippen LogP contribution in [0, 0.1) is 11.3 Å². The summed E-state index contributed by atoms with van der Waals surface area (Å²) in [6, 6.07) is 0. The van der Waals surface area contributed by atoms with E-state index in [1.807, 2.05) is 0 Å². The number of carboxylic acids is 1. The molecule has 0 bridgehead atoms. The Hall–Kier alpha value is -1.39. The minimum atomic E-state index is -1.000. The summed E-state index contributed by atoms with van der Waals surface area (Å²) >= 11 is 0. The molecule has 1 atom stereocenters. The topological polar surface area (TPSA) is 74.7 Å². The van der Waals surface area contributed by atoms with Gasteiger partial charge in [-0.2, -0.15) is 0 Å². The highest BCUT2D eigenvalue weighted by atomic mass is 16.4. The van der Waals surface area contributed by atoms with Crippen molar-refractivity contribution in [2.24, 2.45) is 11.3 Å². The molecular weight excluding hydrogens is 198 g/mol. The molecular formula is C10H15NO4. The molecule has 15 heavy (non-hydrogen) atoms. The highest BCUT2D eigenvalue weighted by Crippen LogP contribution is 2.31. The average molecular weight is 213 g/mol. The molecule has 0 radical (unpaired) electrons. The van der Waals surface area contributed by atoms with Crippen LogP contribution in [0.4, 0.5) is 0 Å². The van der Waals surface area contributed by atoms with Gasteiger partial charge < -0.3 is 5.11 Å². The molecule has 0 aromatic carbocycles. The molecule has 5 nitrogen and oxygen atoms in total. The van der Waals surface area contributed by atoms with E-state index in [1.54, 1.807) is 13.8 Å². The van der Waals surface area contributed by atoms with E-state index >= 15 is 0 Å². The zero-order chi connectivity index (χ0) is 11.8. The Labute approximate surface area is 88.1 Å². The zero-order valence-corrected chi connectivity index (χ0v) is 9.11. The average Bonchev–Trinajstić information content (AvgIpc) is 2.27. The highest BCUT2D eigenvalue weighted by molar-refractivity contribution is 6.05. The second-order valence-corrected chi connectivity index (χ2v) is 4.61. The van der Waals surface area contributed by atoms with Gasteiger partial charge in [0.25, 0.3) is 0 Å². The van der Waals surface area contributed by atoms with Crippen LogP contribution in [-0.2, 0) is 14.4 Å². The van der Waals surface area contributed by atoms with Gasteiger partial charge in [-0.25, -0.2) is 0 Å². The molecule has 1 aliphatic rings. The molecule has 0 aliphatic carbocycles. The first-order chi connectivity index (χ1) is 6.75. The third kappa shape index (κ3) is 2.16. The first kappa shape index (κ1) is 11.7. The van der Waals surface area contributed by atoms with Crippen LogP contribution in [0.5, 0.6) is 0 Å². The number of carboxylic acid groups (broad SMARTS) is 1. The monoisotopic (exact) mass is 213 g/mol. The van der Waals surface area contributed by atoms with Crippen molar-refractivity contribution in [1.82, 2.24) is 4.90 Å². The molecule has 0 saturated carbocycles. The first-order valence-corrected chi connectivity index (χ1v) is 4.83. The number of carbonyl (C=O) groups excluding carboxylic acids is 2. The summed E-state index contributed by atoms with van der Waals surface area (Å²) in [4.78, 5) is 34.8.